The lowest BCUT2D eigenvalue weighted by atomic mass is 10.1. The number of Topliss-reactive ketones (excluding diaryl/α,β-unsaturated/α-hetero) is 1. The monoisotopic (exact) mass is 280 g/mol. The molecule has 2 rings (SSSR count). The first-order valence-corrected chi connectivity index (χ1v) is 6.11. The summed E-state index contributed by atoms with van der Waals surface area (Å²) >= 11 is 3.39. The maximum atomic E-state index is 12.1. The van der Waals surface area contributed by atoms with Crippen LogP contribution in [-0.4, -0.2) is 12.4 Å². The second kappa shape index (κ2) is 4.83. The number of rotatable bonds is 2. The fourth-order valence-electron chi connectivity index (χ4n) is 1.73. The molecule has 1 aliphatic rings. The van der Waals surface area contributed by atoms with Crippen LogP contribution < -0.4 is 0 Å². The van der Waals surface area contributed by atoms with Crippen molar-refractivity contribution < 1.29 is 9.53 Å². The van der Waals surface area contributed by atoms with Gasteiger partial charge in [0.15, 0.2) is 5.76 Å². The molecule has 0 spiro atoms. The number of aryl methyl sites for hydroxylation is 1. The quantitative estimate of drug-likeness (QED) is 0.774. The van der Waals surface area contributed by atoms with E-state index in [1.807, 2.05) is 31.2 Å². The molecule has 0 atom stereocenters. The fourth-order valence-corrected chi connectivity index (χ4v) is 2.33. The van der Waals surface area contributed by atoms with Gasteiger partial charge < -0.3 is 4.74 Å². The lowest BCUT2D eigenvalue weighted by Gasteiger charge is -2.14. The first kappa shape index (κ1) is 11.4. The summed E-state index contributed by atoms with van der Waals surface area (Å²) in [4.78, 5) is 12.1. The van der Waals surface area contributed by atoms with Crippen LogP contribution in [-0.2, 0) is 4.74 Å². The highest BCUT2D eigenvalue weighted by atomic mass is 79.9. The SMILES string of the molecule is Cc1cc(Br)cc(C(=O)C2=CCCCO2)c1. The van der Waals surface area contributed by atoms with Crippen molar-refractivity contribution in [1.82, 2.24) is 0 Å². The van der Waals surface area contributed by atoms with Crippen LogP contribution in [0.2, 0.25) is 0 Å². The third kappa shape index (κ3) is 2.53. The first-order chi connectivity index (χ1) is 7.66. The summed E-state index contributed by atoms with van der Waals surface area (Å²) in [6.07, 6.45) is 3.80. The van der Waals surface area contributed by atoms with Crippen LogP contribution in [0.3, 0.4) is 0 Å². The molecule has 0 saturated heterocycles. The van der Waals surface area contributed by atoms with Crippen LogP contribution in [0.25, 0.3) is 0 Å². The van der Waals surface area contributed by atoms with E-state index in [9.17, 15) is 4.79 Å². The minimum absolute atomic E-state index is 0.0240. The minimum Gasteiger partial charge on any atom is -0.490 e. The lowest BCUT2D eigenvalue weighted by Crippen LogP contribution is -2.11. The Hall–Kier alpha value is -1.09. The van der Waals surface area contributed by atoms with E-state index >= 15 is 0 Å². The molecule has 1 aliphatic heterocycles. The van der Waals surface area contributed by atoms with Gasteiger partial charge >= 0.3 is 0 Å². The van der Waals surface area contributed by atoms with Gasteiger partial charge in [0.25, 0.3) is 0 Å². The summed E-state index contributed by atoms with van der Waals surface area (Å²) in [5, 5.41) is 0. The molecule has 0 N–H and O–H groups in total. The van der Waals surface area contributed by atoms with Gasteiger partial charge in [0.1, 0.15) is 0 Å². The molecule has 16 heavy (non-hydrogen) atoms. The van der Waals surface area contributed by atoms with E-state index in [2.05, 4.69) is 15.9 Å². The van der Waals surface area contributed by atoms with Crippen LogP contribution >= 0.6 is 15.9 Å². The molecule has 0 aromatic heterocycles. The molecule has 1 aromatic rings. The van der Waals surface area contributed by atoms with E-state index in [4.69, 9.17) is 4.74 Å². The van der Waals surface area contributed by atoms with E-state index in [1.54, 1.807) is 0 Å². The third-order valence-corrected chi connectivity index (χ3v) is 2.92. The molecule has 0 bridgehead atoms. The zero-order chi connectivity index (χ0) is 11.5. The van der Waals surface area contributed by atoms with E-state index in [0.29, 0.717) is 17.9 Å². The van der Waals surface area contributed by atoms with Crippen molar-refractivity contribution in [2.75, 3.05) is 6.61 Å². The van der Waals surface area contributed by atoms with Gasteiger partial charge in [0, 0.05) is 10.0 Å². The summed E-state index contributed by atoms with van der Waals surface area (Å²) in [7, 11) is 0. The number of carbonyl (C=O) groups is 1. The van der Waals surface area contributed by atoms with Crippen molar-refractivity contribution in [3.63, 3.8) is 0 Å². The first-order valence-electron chi connectivity index (χ1n) is 5.31. The zero-order valence-electron chi connectivity index (χ0n) is 9.13. The average Bonchev–Trinajstić information content (AvgIpc) is 2.28. The van der Waals surface area contributed by atoms with Crippen LogP contribution in [0, 0.1) is 6.92 Å². The fraction of sp³-hybridized carbons (Fsp3) is 0.308. The molecule has 1 aromatic carbocycles. The summed E-state index contributed by atoms with van der Waals surface area (Å²) in [6, 6.07) is 5.69. The van der Waals surface area contributed by atoms with Crippen LogP contribution in [0.1, 0.15) is 28.8 Å². The van der Waals surface area contributed by atoms with Gasteiger partial charge in [-0.1, -0.05) is 15.9 Å². The molecule has 0 aliphatic carbocycles. The zero-order valence-corrected chi connectivity index (χ0v) is 10.7. The van der Waals surface area contributed by atoms with Crippen LogP contribution in [0.15, 0.2) is 34.5 Å². The molecule has 0 saturated carbocycles. The molecular weight excluding hydrogens is 268 g/mol. The normalized spacial score (nSPS) is 15.2. The highest BCUT2D eigenvalue weighted by Crippen LogP contribution is 2.20. The maximum Gasteiger partial charge on any atom is 0.227 e. The van der Waals surface area contributed by atoms with E-state index in [1.165, 1.54) is 0 Å². The van der Waals surface area contributed by atoms with Crippen molar-refractivity contribution in [2.45, 2.75) is 19.8 Å². The number of ether oxygens (including phenoxy) is 1. The predicted octanol–water partition coefficient (Wildman–Crippen LogP) is 3.63. The Balaban J connectivity index is 2.29. The molecule has 0 radical (unpaired) electrons. The van der Waals surface area contributed by atoms with Crippen molar-refractivity contribution in [2.24, 2.45) is 0 Å². The van der Waals surface area contributed by atoms with Gasteiger partial charge in [-0.3, -0.25) is 4.79 Å². The molecule has 84 valence electrons. The number of carbonyl (C=O) groups excluding carboxylic acids is 1. The van der Waals surface area contributed by atoms with E-state index < -0.39 is 0 Å². The number of hydrogen-bond acceptors (Lipinski definition) is 2. The standard InChI is InChI=1S/C13H13BrO2/c1-9-6-10(8-11(14)7-9)13(15)12-4-2-3-5-16-12/h4,6-8H,2-3,5H2,1H3. The Morgan fingerprint density at radius 1 is 1.38 bits per heavy atom. The second-order valence-electron chi connectivity index (χ2n) is 3.91. The Bertz CT molecular complexity index is 429. The van der Waals surface area contributed by atoms with Crippen molar-refractivity contribution in [1.29, 1.82) is 0 Å². The smallest absolute Gasteiger partial charge is 0.227 e. The Labute approximate surface area is 103 Å². The van der Waals surface area contributed by atoms with Crippen molar-refractivity contribution >= 4 is 21.7 Å². The number of hydrogen-bond donors (Lipinski definition) is 0. The Kier molecular flexibility index (Phi) is 3.44. The van der Waals surface area contributed by atoms with Gasteiger partial charge in [-0.2, -0.15) is 0 Å². The summed E-state index contributed by atoms with van der Waals surface area (Å²) < 4.78 is 6.29. The van der Waals surface area contributed by atoms with Gasteiger partial charge in [0.05, 0.1) is 6.61 Å². The Morgan fingerprint density at radius 2 is 2.19 bits per heavy atom. The topological polar surface area (TPSA) is 26.3 Å². The summed E-state index contributed by atoms with van der Waals surface area (Å²) in [5.41, 5.74) is 1.74. The number of ketones is 1. The molecule has 1 heterocycles. The molecule has 0 amide bonds. The Morgan fingerprint density at radius 3 is 2.81 bits per heavy atom. The van der Waals surface area contributed by atoms with Gasteiger partial charge in [-0.25, -0.2) is 0 Å². The molecule has 3 heteroatoms. The predicted molar refractivity (Wildman–Crippen MR) is 66.5 cm³/mol. The second-order valence-corrected chi connectivity index (χ2v) is 4.82. The van der Waals surface area contributed by atoms with Crippen LogP contribution in [0.5, 0.6) is 0 Å². The van der Waals surface area contributed by atoms with Crippen molar-refractivity contribution in [3.8, 4) is 0 Å². The average molecular weight is 281 g/mol. The molecular formula is C13H13BrO2. The van der Waals surface area contributed by atoms with E-state index in [-0.39, 0.29) is 5.78 Å². The summed E-state index contributed by atoms with van der Waals surface area (Å²) in [6.45, 7) is 2.61. The van der Waals surface area contributed by atoms with Crippen LogP contribution in [0.4, 0.5) is 0 Å². The molecule has 2 nitrogen and oxygen atoms in total. The largest absolute Gasteiger partial charge is 0.490 e. The van der Waals surface area contributed by atoms with Gasteiger partial charge in [0.2, 0.25) is 5.78 Å². The highest BCUT2D eigenvalue weighted by molar-refractivity contribution is 9.10. The maximum absolute atomic E-state index is 12.1. The number of allylic oxidation sites excluding steroid dienone is 2. The van der Waals surface area contributed by atoms with Gasteiger partial charge in [-0.05, 0) is 49.6 Å². The third-order valence-electron chi connectivity index (χ3n) is 2.46. The number of halogens is 1. The van der Waals surface area contributed by atoms with Crippen molar-refractivity contribution in [3.05, 3.63) is 45.6 Å². The van der Waals surface area contributed by atoms with Gasteiger partial charge in [-0.15, -0.1) is 0 Å². The lowest BCUT2D eigenvalue weighted by molar-refractivity contribution is 0.0899. The highest BCUT2D eigenvalue weighted by Gasteiger charge is 2.16. The summed E-state index contributed by atoms with van der Waals surface area (Å²) in [5.74, 6) is 0.466. The molecule has 0 fully saturated rings. The number of benzene rings is 1. The molecule has 0 unspecified atom stereocenters. The van der Waals surface area contributed by atoms with E-state index in [0.717, 1.165) is 22.9 Å². The minimum atomic E-state index is -0.0240.